The van der Waals surface area contributed by atoms with Gasteiger partial charge in [-0.2, -0.15) is 0 Å². The summed E-state index contributed by atoms with van der Waals surface area (Å²) in [6, 6.07) is 0. The minimum absolute atomic E-state index is 0. The molecule has 0 heterocycles. The third-order valence-corrected chi connectivity index (χ3v) is 4.29. The zero-order valence-corrected chi connectivity index (χ0v) is 19.2. The molecule has 1 unspecified atom stereocenters. The van der Waals surface area contributed by atoms with E-state index in [1.165, 1.54) is 77.0 Å². The molecule has 0 radical (unpaired) electrons. The first-order chi connectivity index (χ1) is 9.27. The Morgan fingerprint density at radius 1 is 0.636 bits per heavy atom. The Hall–Kier alpha value is 2.07. The molecule has 2 nitrogen and oxygen atoms in total. The van der Waals surface area contributed by atoms with Crippen molar-refractivity contribution in [1.29, 1.82) is 0 Å². The zero-order chi connectivity index (χ0) is 14.2. The number of unbranched alkanes of at least 4 members (excludes halogenated alkanes) is 13. The Morgan fingerprint density at radius 3 is 1.18 bits per heavy atom. The maximum Gasteiger partial charge on any atom is 1.00 e. The van der Waals surface area contributed by atoms with E-state index in [4.69, 9.17) is 0 Å². The van der Waals surface area contributed by atoms with Crippen LogP contribution < -0.4 is 17.0 Å². The van der Waals surface area contributed by atoms with Crippen molar-refractivity contribution < 1.29 is 70.5 Å². The van der Waals surface area contributed by atoms with E-state index in [9.17, 15) is 8.76 Å². The van der Waals surface area contributed by atoms with Crippen LogP contribution in [0.5, 0.6) is 0 Å². The minimum Gasteiger partial charge on any atom is -1.00 e. The van der Waals surface area contributed by atoms with Gasteiger partial charge < -0.3 is 21.5 Å². The Kier molecular flexibility index (Phi) is 40.3. The van der Waals surface area contributed by atoms with Gasteiger partial charge in [0.2, 0.25) is 0 Å². The second kappa shape index (κ2) is 27.9. The summed E-state index contributed by atoms with van der Waals surface area (Å²) in [7, 11) is 0. The monoisotopic (exact) mass is 582 g/mol. The van der Waals surface area contributed by atoms with Crippen LogP contribution in [0, 0.1) is 0 Å². The van der Waals surface area contributed by atoms with Gasteiger partial charge in [-0.05, 0) is 6.42 Å². The largest absolute Gasteiger partial charge is 1.00 e. The molecule has 0 aliphatic carbocycles. The van der Waals surface area contributed by atoms with Crippen LogP contribution in [0.3, 0.4) is 0 Å². The van der Waals surface area contributed by atoms with Gasteiger partial charge in [0.05, 0.1) is 0 Å². The molecule has 144 valence electrons. The molecular weight excluding hydrogens is 552 g/mol. The summed E-state index contributed by atoms with van der Waals surface area (Å²) in [5.41, 5.74) is 0. The van der Waals surface area contributed by atoms with Gasteiger partial charge in [0.15, 0.2) is 0 Å². The van der Waals surface area contributed by atoms with Crippen molar-refractivity contribution in [3.05, 3.63) is 0 Å². The molecule has 0 aromatic rings. The van der Waals surface area contributed by atoms with E-state index in [2.05, 4.69) is 6.92 Å². The normalized spacial score (nSPS) is 11.0. The van der Waals surface area contributed by atoms with Crippen LogP contribution in [0.1, 0.15) is 96.8 Å². The molecular formula is C16H33Ag2BrO2S. The first kappa shape index (κ1) is 31.8. The van der Waals surface area contributed by atoms with Crippen LogP contribution in [0.25, 0.3) is 0 Å². The van der Waals surface area contributed by atoms with Crippen LogP contribution >= 0.6 is 0 Å². The first-order valence-electron chi connectivity index (χ1n) is 8.33. The SMILES string of the molecule is CCCCCCCCCCCCCCCCS(=O)[O-].[Ag+].[Ag+].[Br-]. The van der Waals surface area contributed by atoms with E-state index in [0.29, 0.717) is 5.75 Å². The first-order valence-corrected chi connectivity index (χ1v) is 9.57. The minimum atomic E-state index is -1.83. The second-order valence-corrected chi connectivity index (χ2v) is 6.62. The molecule has 0 aliphatic heterocycles. The summed E-state index contributed by atoms with van der Waals surface area (Å²) in [4.78, 5) is 0. The molecule has 0 aromatic carbocycles. The summed E-state index contributed by atoms with van der Waals surface area (Å²) in [6.45, 7) is 2.26. The van der Waals surface area contributed by atoms with Crippen LogP contribution in [0.15, 0.2) is 0 Å². The predicted octanol–water partition coefficient (Wildman–Crippen LogP) is 2.35. The van der Waals surface area contributed by atoms with Gasteiger partial charge in [-0.1, -0.05) is 101 Å². The number of halogens is 1. The predicted molar refractivity (Wildman–Crippen MR) is 84.1 cm³/mol. The number of hydrogen-bond acceptors (Lipinski definition) is 2. The fraction of sp³-hybridized carbons (Fsp3) is 1.00. The second-order valence-electron chi connectivity index (χ2n) is 5.60. The number of hydrogen-bond donors (Lipinski definition) is 0. The van der Waals surface area contributed by atoms with Crippen molar-refractivity contribution >= 4 is 11.1 Å². The van der Waals surface area contributed by atoms with Crippen molar-refractivity contribution in [2.45, 2.75) is 96.8 Å². The molecule has 0 aliphatic rings. The van der Waals surface area contributed by atoms with Gasteiger partial charge in [0.25, 0.3) is 0 Å². The topological polar surface area (TPSA) is 40.1 Å². The molecule has 1 atom stereocenters. The Morgan fingerprint density at radius 2 is 0.909 bits per heavy atom. The fourth-order valence-corrected chi connectivity index (χ4v) is 2.85. The van der Waals surface area contributed by atoms with E-state index >= 15 is 0 Å². The maximum absolute atomic E-state index is 10.3. The molecule has 6 heteroatoms. The van der Waals surface area contributed by atoms with E-state index in [1.807, 2.05) is 0 Å². The molecule has 0 N–H and O–H groups in total. The summed E-state index contributed by atoms with van der Waals surface area (Å²) >= 11 is -1.83. The molecule has 0 rings (SSSR count). The third-order valence-electron chi connectivity index (χ3n) is 3.66. The molecule has 22 heavy (non-hydrogen) atoms. The van der Waals surface area contributed by atoms with Gasteiger partial charge in [-0.15, -0.1) is 0 Å². The quantitative estimate of drug-likeness (QED) is 0.168. The zero-order valence-electron chi connectivity index (χ0n) is 13.8. The summed E-state index contributed by atoms with van der Waals surface area (Å²) < 4.78 is 20.6. The molecule has 0 spiro atoms. The van der Waals surface area contributed by atoms with Crippen molar-refractivity contribution in [3.8, 4) is 0 Å². The Bertz CT molecular complexity index is 211. The summed E-state index contributed by atoms with van der Waals surface area (Å²) in [5, 5.41) is 0. The number of rotatable bonds is 15. The van der Waals surface area contributed by atoms with Crippen LogP contribution in [-0.4, -0.2) is 14.5 Å². The van der Waals surface area contributed by atoms with Crippen molar-refractivity contribution in [1.82, 2.24) is 0 Å². The van der Waals surface area contributed by atoms with Crippen LogP contribution in [0.2, 0.25) is 0 Å². The summed E-state index contributed by atoms with van der Waals surface area (Å²) in [5.74, 6) is 0.345. The van der Waals surface area contributed by atoms with Crippen LogP contribution in [-0.2, 0) is 55.8 Å². The molecule has 0 fully saturated rings. The van der Waals surface area contributed by atoms with Gasteiger partial charge in [0, 0.05) is 5.75 Å². The van der Waals surface area contributed by atoms with Gasteiger partial charge in [-0.3, -0.25) is 4.21 Å². The Labute approximate surface area is 182 Å². The van der Waals surface area contributed by atoms with E-state index in [0.717, 1.165) is 12.8 Å². The molecule has 0 amide bonds. The molecule has 0 aromatic heterocycles. The third kappa shape index (κ3) is 30.0. The van der Waals surface area contributed by atoms with Crippen molar-refractivity contribution in [2.75, 3.05) is 5.75 Å². The average Bonchev–Trinajstić information content (AvgIpc) is 2.39. The van der Waals surface area contributed by atoms with Gasteiger partial charge in [0.1, 0.15) is 0 Å². The van der Waals surface area contributed by atoms with E-state index in [-0.39, 0.29) is 61.7 Å². The fourth-order valence-electron chi connectivity index (χ4n) is 2.41. The van der Waals surface area contributed by atoms with Crippen LogP contribution in [0.4, 0.5) is 0 Å². The summed E-state index contributed by atoms with van der Waals surface area (Å²) in [6.07, 6.45) is 18.3. The smallest absolute Gasteiger partial charge is 1.00 e. The Balaban J connectivity index is -0.000000540. The standard InChI is InChI=1S/C16H34O2S.2Ag.BrH/c1-2-3-4-5-6-7-8-9-10-11-12-13-14-15-16-19(17)18;;;/h2-16H2,1H3,(H,17,18);;;1H/q;2*+1;/p-2. The van der Waals surface area contributed by atoms with Crippen molar-refractivity contribution in [2.24, 2.45) is 0 Å². The maximum atomic E-state index is 10.3. The molecule has 0 bridgehead atoms. The van der Waals surface area contributed by atoms with E-state index < -0.39 is 11.1 Å². The molecule has 0 saturated carbocycles. The van der Waals surface area contributed by atoms with E-state index in [1.54, 1.807) is 0 Å². The average molecular weight is 585 g/mol. The van der Waals surface area contributed by atoms with Gasteiger partial charge >= 0.3 is 44.8 Å². The van der Waals surface area contributed by atoms with Crippen molar-refractivity contribution in [3.63, 3.8) is 0 Å². The molecule has 0 saturated heterocycles. The van der Waals surface area contributed by atoms with Gasteiger partial charge in [-0.25, -0.2) is 0 Å².